The van der Waals surface area contributed by atoms with Crippen LogP contribution in [-0.2, 0) is 25.4 Å². The van der Waals surface area contributed by atoms with Gasteiger partial charge in [-0.15, -0.1) is 33.3 Å². The second kappa shape index (κ2) is 9.97. The standard InChI is InChI=1S/C17H15F3N8O5S3/c1-33-27-9(6-4-34-15(21)22-6)11(30)23-12-5(3-35-16-24-14(25-26-16)17(18,19)20)10(13(31)32)28-7(29)2-8(28)36-12/h4,8,12H,2-3H2,1H3,(H2,21,22)(H,23,30)(H,31,32)(H,24,25,26)/b27-9-/t8-,12?/m1/s1. The molecule has 0 aliphatic carbocycles. The van der Waals surface area contributed by atoms with E-state index in [0.29, 0.717) is 0 Å². The Hall–Kier alpha value is -3.32. The summed E-state index contributed by atoms with van der Waals surface area (Å²) in [5.41, 5.74) is 5.22. The highest BCUT2D eigenvalue weighted by molar-refractivity contribution is 8.01. The Morgan fingerprint density at radius 3 is 2.75 bits per heavy atom. The van der Waals surface area contributed by atoms with Crippen LogP contribution in [0.25, 0.3) is 0 Å². The highest BCUT2D eigenvalue weighted by Gasteiger charge is 2.49. The van der Waals surface area contributed by atoms with Crippen molar-refractivity contribution in [3.63, 3.8) is 0 Å². The van der Waals surface area contributed by atoms with Crippen molar-refractivity contribution in [3.8, 4) is 0 Å². The molecule has 5 N–H and O–H groups in total. The molecule has 13 nitrogen and oxygen atoms in total. The lowest BCUT2D eigenvalue weighted by Gasteiger charge is -2.46. The number of nitrogen functional groups attached to an aromatic ring is 1. The summed E-state index contributed by atoms with van der Waals surface area (Å²) in [5, 5.41) is 22.5. The van der Waals surface area contributed by atoms with Crippen molar-refractivity contribution in [1.82, 2.24) is 30.4 Å². The number of hydrogen-bond donors (Lipinski definition) is 4. The molecule has 0 bridgehead atoms. The van der Waals surface area contributed by atoms with Gasteiger partial charge in [-0.05, 0) is 0 Å². The number of thioether (sulfide) groups is 2. The van der Waals surface area contributed by atoms with Crippen LogP contribution in [0.1, 0.15) is 17.9 Å². The zero-order valence-electron chi connectivity index (χ0n) is 17.9. The van der Waals surface area contributed by atoms with E-state index in [1.165, 1.54) is 12.5 Å². The number of fused-ring (bicyclic) bond motifs is 1. The Bertz CT molecular complexity index is 1280. The predicted molar refractivity (Wildman–Crippen MR) is 122 cm³/mol. The van der Waals surface area contributed by atoms with Crippen molar-refractivity contribution in [1.29, 1.82) is 0 Å². The lowest BCUT2D eigenvalue weighted by atomic mass is 10.1. The van der Waals surface area contributed by atoms with Gasteiger partial charge in [0.25, 0.3) is 5.91 Å². The Balaban J connectivity index is 1.63. The third-order valence-corrected chi connectivity index (χ3v) is 7.74. The average molecular weight is 565 g/mol. The number of alkyl halides is 3. The van der Waals surface area contributed by atoms with E-state index < -0.39 is 40.5 Å². The molecule has 1 unspecified atom stereocenters. The fourth-order valence-corrected chi connectivity index (χ4v) is 6.20. The number of aromatic nitrogens is 4. The van der Waals surface area contributed by atoms with Gasteiger partial charge in [0.05, 0.1) is 11.8 Å². The number of thiazole rings is 1. The van der Waals surface area contributed by atoms with Gasteiger partial charge in [0, 0.05) is 16.7 Å². The molecule has 4 rings (SSSR count). The van der Waals surface area contributed by atoms with Crippen LogP contribution in [0.2, 0.25) is 0 Å². The van der Waals surface area contributed by atoms with E-state index in [0.717, 1.165) is 39.8 Å². The van der Waals surface area contributed by atoms with Gasteiger partial charge in [-0.2, -0.15) is 13.2 Å². The summed E-state index contributed by atoms with van der Waals surface area (Å²) < 4.78 is 38.5. The van der Waals surface area contributed by atoms with E-state index >= 15 is 0 Å². The number of carboxylic acid groups (broad SMARTS) is 1. The van der Waals surface area contributed by atoms with E-state index in [2.05, 4.69) is 25.7 Å². The number of carboxylic acids is 1. The van der Waals surface area contributed by atoms with E-state index in [-0.39, 0.29) is 45.1 Å². The molecular weight excluding hydrogens is 549 g/mol. The van der Waals surface area contributed by atoms with Crippen molar-refractivity contribution in [2.75, 3.05) is 18.6 Å². The van der Waals surface area contributed by atoms with Crippen LogP contribution in [0.4, 0.5) is 18.3 Å². The Morgan fingerprint density at radius 2 is 2.19 bits per heavy atom. The number of aromatic amines is 1. The lowest BCUT2D eigenvalue weighted by Crippen LogP contribution is -2.58. The summed E-state index contributed by atoms with van der Waals surface area (Å²) in [7, 11) is 1.22. The highest BCUT2D eigenvalue weighted by atomic mass is 32.2. The first-order chi connectivity index (χ1) is 17.0. The third-order valence-electron chi connectivity index (χ3n) is 4.79. The van der Waals surface area contributed by atoms with Gasteiger partial charge in [-0.25, -0.2) is 9.78 Å². The van der Waals surface area contributed by atoms with Crippen LogP contribution in [0.15, 0.2) is 27.0 Å². The first kappa shape index (κ1) is 25.8. The number of nitrogens with zero attached hydrogens (tertiary/aromatic N) is 5. The van der Waals surface area contributed by atoms with E-state index in [4.69, 9.17) is 10.6 Å². The number of nitrogens with two attached hydrogens (primary N) is 1. The quantitative estimate of drug-likeness (QED) is 0.155. The summed E-state index contributed by atoms with van der Waals surface area (Å²) in [4.78, 5) is 49.1. The summed E-state index contributed by atoms with van der Waals surface area (Å²) in [6.45, 7) is 0. The number of amides is 2. The van der Waals surface area contributed by atoms with Gasteiger partial charge >= 0.3 is 12.1 Å². The second-order valence-electron chi connectivity index (χ2n) is 7.05. The Morgan fingerprint density at radius 1 is 1.44 bits per heavy atom. The smallest absolute Gasteiger partial charge is 0.451 e. The SMILES string of the molecule is CO/N=C(\C(=O)NC1S[C@@H]2CC(=O)N2C(C(=O)O)=C1CSc1nnc(C(F)(F)F)[nH]1)c1csc(N)n1. The molecule has 0 spiro atoms. The van der Waals surface area contributed by atoms with E-state index in [1.807, 2.05) is 4.98 Å². The first-order valence-electron chi connectivity index (χ1n) is 9.69. The molecule has 2 atom stereocenters. The van der Waals surface area contributed by atoms with E-state index in [1.54, 1.807) is 0 Å². The molecule has 1 saturated heterocycles. The number of halogens is 3. The number of hydrogen-bond acceptors (Lipinski definition) is 12. The first-order valence-corrected chi connectivity index (χ1v) is 12.5. The summed E-state index contributed by atoms with van der Waals surface area (Å²) in [6.07, 6.45) is -4.70. The van der Waals surface area contributed by atoms with Gasteiger partial charge < -0.3 is 26.0 Å². The highest BCUT2D eigenvalue weighted by Crippen LogP contribution is 2.44. The summed E-state index contributed by atoms with van der Waals surface area (Å²) >= 11 is 2.89. The summed E-state index contributed by atoms with van der Waals surface area (Å²) in [5.74, 6) is -4.19. The molecule has 2 aliphatic rings. The zero-order valence-corrected chi connectivity index (χ0v) is 20.3. The lowest BCUT2D eigenvalue weighted by molar-refractivity contribution is -0.146. The Labute approximate surface area is 211 Å². The molecule has 4 heterocycles. The maximum Gasteiger partial charge on any atom is 0.451 e. The maximum atomic E-state index is 13.1. The third kappa shape index (κ3) is 5.12. The van der Waals surface area contributed by atoms with Gasteiger partial charge in [0.2, 0.25) is 11.7 Å². The molecule has 2 aliphatic heterocycles. The van der Waals surface area contributed by atoms with Crippen molar-refractivity contribution in [2.45, 2.75) is 28.5 Å². The number of aliphatic carboxylic acids is 1. The molecule has 0 saturated carbocycles. The normalized spacial score (nSPS) is 20.2. The molecule has 2 aromatic rings. The number of nitrogens with one attached hydrogen (secondary N) is 2. The molecule has 192 valence electrons. The number of β-lactam (4-membered cyclic amide) rings is 1. The van der Waals surface area contributed by atoms with Crippen LogP contribution < -0.4 is 11.1 Å². The van der Waals surface area contributed by atoms with Crippen LogP contribution >= 0.6 is 34.9 Å². The number of H-pyrrole nitrogens is 1. The molecule has 0 aromatic carbocycles. The number of oxime groups is 1. The topological polar surface area (TPSA) is 189 Å². The molecule has 2 amide bonds. The second-order valence-corrected chi connectivity index (χ2v) is 10.2. The molecular formula is C17H15F3N8O5S3. The minimum Gasteiger partial charge on any atom is -0.477 e. The van der Waals surface area contributed by atoms with Gasteiger partial charge in [0.1, 0.15) is 23.9 Å². The number of rotatable bonds is 8. The number of carbonyl (C=O) groups is 3. The van der Waals surface area contributed by atoms with Gasteiger partial charge in [-0.1, -0.05) is 16.9 Å². The van der Waals surface area contributed by atoms with Crippen LogP contribution in [-0.4, -0.2) is 77.3 Å². The van der Waals surface area contributed by atoms with Gasteiger partial charge in [0.15, 0.2) is 16.0 Å². The fourth-order valence-electron chi connectivity index (χ4n) is 3.25. The number of anilines is 1. The minimum atomic E-state index is -4.75. The van der Waals surface area contributed by atoms with E-state index in [9.17, 15) is 32.7 Å². The van der Waals surface area contributed by atoms with Crippen molar-refractivity contribution in [3.05, 3.63) is 28.2 Å². The Kier molecular flexibility index (Phi) is 7.14. The molecule has 19 heteroatoms. The molecule has 2 aromatic heterocycles. The maximum absolute atomic E-state index is 13.1. The average Bonchev–Trinajstić information content (AvgIpc) is 3.44. The fraction of sp³-hybridized carbons (Fsp3) is 0.353. The predicted octanol–water partition coefficient (Wildman–Crippen LogP) is 1.09. The zero-order chi connectivity index (χ0) is 26.2. The molecule has 0 radical (unpaired) electrons. The van der Waals surface area contributed by atoms with Gasteiger partial charge in [-0.3, -0.25) is 14.5 Å². The summed E-state index contributed by atoms with van der Waals surface area (Å²) in [6, 6.07) is 0. The largest absolute Gasteiger partial charge is 0.477 e. The van der Waals surface area contributed by atoms with Crippen molar-refractivity contribution >= 4 is 63.5 Å². The van der Waals surface area contributed by atoms with Crippen LogP contribution in [0, 0.1) is 0 Å². The van der Waals surface area contributed by atoms with Crippen LogP contribution in [0.3, 0.4) is 0 Å². The molecule has 1 fully saturated rings. The molecule has 36 heavy (non-hydrogen) atoms. The van der Waals surface area contributed by atoms with Crippen molar-refractivity contribution in [2.24, 2.45) is 5.16 Å². The number of carbonyl (C=O) groups excluding carboxylic acids is 2. The monoisotopic (exact) mass is 564 g/mol. The van der Waals surface area contributed by atoms with Crippen molar-refractivity contribution < 1.29 is 37.5 Å². The van der Waals surface area contributed by atoms with Crippen LogP contribution in [0.5, 0.6) is 0 Å². The minimum absolute atomic E-state index is 0.0485.